The Morgan fingerprint density at radius 3 is 1.82 bits per heavy atom. The molecular formula is C8H7BO2. The first-order valence-electron chi connectivity index (χ1n) is 3.28. The Balaban J connectivity index is 3.21. The Morgan fingerprint density at radius 2 is 1.45 bits per heavy atom. The first kappa shape index (κ1) is 7.73. The van der Waals surface area contributed by atoms with E-state index in [2.05, 4.69) is 0 Å². The second-order valence-electron chi connectivity index (χ2n) is 2.41. The highest BCUT2D eigenvalue weighted by Gasteiger charge is 1.94. The van der Waals surface area contributed by atoms with Gasteiger partial charge in [-0.1, -0.05) is 17.6 Å². The van der Waals surface area contributed by atoms with Crippen molar-refractivity contribution in [2.45, 2.75) is 0 Å². The van der Waals surface area contributed by atoms with Crippen LogP contribution >= 0.6 is 0 Å². The number of carbonyl (C=O) groups is 2. The minimum atomic E-state index is 0.548. The molecule has 0 atom stereocenters. The van der Waals surface area contributed by atoms with E-state index in [9.17, 15) is 9.59 Å². The molecule has 0 N–H and O–H groups in total. The van der Waals surface area contributed by atoms with Gasteiger partial charge in [0.25, 0.3) is 0 Å². The maximum Gasteiger partial charge on any atom is 0.150 e. The molecule has 0 aliphatic carbocycles. The number of hydrogen-bond donors (Lipinski definition) is 0. The van der Waals surface area contributed by atoms with Gasteiger partial charge in [0, 0.05) is 11.1 Å². The zero-order valence-electron chi connectivity index (χ0n) is 6.20. The van der Waals surface area contributed by atoms with Crippen LogP contribution in [0.3, 0.4) is 0 Å². The minimum Gasteiger partial charge on any atom is -0.298 e. The molecule has 3 heteroatoms. The van der Waals surface area contributed by atoms with Crippen LogP contribution in [-0.4, -0.2) is 20.4 Å². The number of aldehydes is 2. The van der Waals surface area contributed by atoms with Gasteiger partial charge in [-0.3, -0.25) is 9.59 Å². The van der Waals surface area contributed by atoms with Crippen LogP contribution in [0.2, 0.25) is 0 Å². The topological polar surface area (TPSA) is 34.1 Å². The zero-order valence-corrected chi connectivity index (χ0v) is 6.20. The maximum absolute atomic E-state index is 10.3. The number of carbonyl (C=O) groups excluding carboxylic acids is 2. The summed E-state index contributed by atoms with van der Waals surface area (Å²) >= 11 is 0. The van der Waals surface area contributed by atoms with Crippen LogP contribution in [-0.2, 0) is 0 Å². The molecule has 1 rings (SSSR count). The molecule has 0 fully saturated rings. The van der Waals surface area contributed by atoms with Crippen LogP contribution in [0, 0.1) is 0 Å². The van der Waals surface area contributed by atoms with Gasteiger partial charge < -0.3 is 0 Å². The van der Waals surface area contributed by atoms with Crippen molar-refractivity contribution in [1.29, 1.82) is 0 Å². The standard InChI is InChI=1S/C8H7BO2/c9-8-2-6(4-10)1-7(3-8)5-11/h1-5H,9H2. The van der Waals surface area contributed by atoms with Gasteiger partial charge in [0.05, 0.1) is 0 Å². The van der Waals surface area contributed by atoms with Gasteiger partial charge in [-0.15, -0.1) is 0 Å². The summed E-state index contributed by atoms with van der Waals surface area (Å²) in [6, 6.07) is 5.03. The van der Waals surface area contributed by atoms with Crippen molar-refractivity contribution in [3.8, 4) is 0 Å². The van der Waals surface area contributed by atoms with Crippen LogP contribution in [0.4, 0.5) is 0 Å². The predicted octanol–water partition coefficient (Wildman–Crippen LogP) is -0.430. The fraction of sp³-hybridized carbons (Fsp3) is 0. The fourth-order valence-corrected chi connectivity index (χ4v) is 0.979. The Labute approximate surface area is 65.6 Å². The molecule has 11 heavy (non-hydrogen) atoms. The number of hydrogen-bond acceptors (Lipinski definition) is 2. The molecule has 0 spiro atoms. The molecule has 0 unspecified atom stereocenters. The molecule has 0 aliphatic rings. The molecule has 1 aromatic carbocycles. The highest BCUT2D eigenvalue weighted by atomic mass is 16.1. The van der Waals surface area contributed by atoms with Crippen molar-refractivity contribution in [3.63, 3.8) is 0 Å². The molecule has 0 amide bonds. The van der Waals surface area contributed by atoms with Gasteiger partial charge in [0.2, 0.25) is 0 Å². The van der Waals surface area contributed by atoms with Crippen molar-refractivity contribution >= 4 is 25.9 Å². The van der Waals surface area contributed by atoms with Crippen LogP contribution in [0.25, 0.3) is 0 Å². The summed E-state index contributed by atoms with van der Waals surface area (Å²) < 4.78 is 0. The minimum absolute atomic E-state index is 0.548. The molecule has 54 valence electrons. The van der Waals surface area contributed by atoms with Gasteiger partial charge >= 0.3 is 0 Å². The summed E-state index contributed by atoms with van der Waals surface area (Å²) in [6.07, 6.45) is 1.47. The van der Waals surface area contributed by atoms with Gasteiger partial charge in [0.1, 0.15) is 20.4 Å². The third-order valence-corrected chi connectivity index (χ3v) is 1.39. The van der Waals surface area contributed by atoms with Crippen LogP contribution in [0.15, 0.2) is 18.2 Å². The highest BCUT2D eigenvalue weighted by molar-refractivity contribution is 6.32. The summed E-state index contributed by atoms with van der Waals surface area (Å²) in [5.41, 5.74) is 2.02. The number of benzene rings is 1. The van der Waals surface area contributed by atoms with E-state index in [1.165, 1.54) is 0 Å². The fourth-order valence-electron chi connectivity index (χ4n) is 0.979. The number of rotatable bonds is 2. The summed E-state index contributed by atoms with van der Waals surface area (Å²) in [4.78, 5) is 20.6. The van der Waals surface area contributed by atoms with E-state index < -0.39 is 0 Å². The largest absolute Gasteiger partial charge is 0.298 e. The van der Waals surface area contributed by atoms with E-state index >= 15 is 0 Å². The molecular weight excluding hydrogens is 139 g/mol. The van der Waals surface area contributed by atoms with E-state index in [1.54, 1.807) is 18.2 Å². The molecule has 0 saturated carbocycles. The molecule has 0 radical (unpaired) electrons. The average Bonchev–Trinajstić information content (AvgIpc) is 2.03. The molecule has 0 saturated heterocycles. The highest BCUT2D eigenvalue weighted by Crippen LogP contribution is 1.97. The molecule has 1 aromatic rings. The third kappa shape index (κ3) is 1.77. The van der Waals surface area contributed by atoms with Crippen molar-refractivity contribution in [2.75, 3.05) is 0 Å². The summed E-state index contributed by atoms with van der Waals surface area (Å²) in [5.74, 6) is 0. The van der Waals surface area contributed by atoms with Crippen molar-refractivity contribution < 1.29 is 9.59 Å². The summed E-state index contributed by atoms with van der Waals surface area (Å²) in [5, 5.41) is 0. The molecule has 0 heterocycles. The van der Waals surface area contributed by atoms with Crippen LogP contribution in [0.1, 0.15) is 20.7 Å². The summed E-state index contributed by atoms with van der Waals surface area (Å²) in [6.45, 7) is 0. The SMILES string of the molecule is Bc1cc(C=O)cc(C=O)c1. The Kier molecular flexibility index (Phi) is 2.21. The lowest BCUT2D eigenvalue weighted by Gasteiger charge is -1.95. The lowest BCUT2D eigenvalue weighted by Crippen LogP contribution is -2.04. The Hall–Kier alpha value is -1.38. The van der Waals surface area contributed by atoms with Gasteiger partial charge in [-0.05, 0) is 6.07 Å². The Morgan fingerprint density at radius 1 is 1.00 bits per heavy atom. The first-order chi connectivity index (χ1) is 5.26. The van der Waals surface area contributed by atoms with Crippen LogP contribution in [0.5, 0.6) is 0 Å². The van der Waals surface area contributed by atoms with Gasteiger partial charge in [-0.25, -0.2) is 0 Å². The zero-order chi connectivity index (χ0) is 8.27. The van der Waals surface area contributed by atoms with E-state index in [0.29, 0.717) is 11.1 Å². The average molecular weight is 146 g/mol. The van der Waals surface area contributed by atoms with E-state index in [-0.39, 0.29) is 0 Å². The molecule has 0 aromatic heterocycles. The van der Waals surface area contributed by atoms with E-state index in [4.69, 9.17) is 0 Å². The smallest absolute Gasteiger partial charge is 0.150 e. The third-order valence-electron chi connectivity index (χ3n) is 1.39. The summed E-state index contributed by atoms with van der Waals surface area (Å²) in [7, 11) is 1.85. The second kappa shape index (κ2) is 3.15. The van der Waals surface area contributed by atoms with Gasteiger partial charge in [-0.2, -0.15) is 0 Å². The molecule has 2 nitrogen and oxygen atoms in total. The normalized spacial score (nSPS) is 9.09. The molecule has 0 aliphatic heterocycles. The first-order valence-corrected chi connectivity index (χ1v) is 3.28. The maximum atomic E-state index is 10.3. The van der Waals surface area contributed by atoms with Gasteiger partial charge in [0.15, 0.2) is 0 Å². The Bertz CT molecular complexity index is 268. The lowest BCUT2D eigenvalue weighted by atomic mass is 9.92. The monoisotopic (exact) mass is 146 g/mol. The predicted molar refractivity (Wildman–Crippen MR) is 45.4 cm³/mol. The lowest BCUT2D eigenvalue weighted by molar-refractivity contribution is 0.112. The van der Waals surface area contributed by atoms with Crippen molar-refractivity contribution in [3.05, 3.63) is 29.3 Å². The van der Waals surface area contributed by atoms with Crippen molar-refractivity contribution in [2.24, 2.45) is 0 Å². The quantitative estimate of drug-likeness (QED) is 0.419. The van der Waals surface area contributed by atoms with Crippen molar-refractivity contribution in [1.82, 2.24) is 0 Å². The van der Waals surface area contributed by atoms with E-state index in [1.807, 2.05) is 7.85 Å². The van der Waals surface area contributed by atoms with Crippen LogP contribution < -0.4 is 5.46 Å². The molecule has 0 bridgehead atoms. The van der Waals surface area contributed by atoms with E-state index in [0.717, 1.165) is 18.0 Å². The second-order valence-corrected chi connectivity index (χ2v) is 2.41.